The molecule has 1 amide bonds. The number of nitrogens with zero attached hydrogens (tertiary/aromatic N) is 1. The first-order chi connectivity index (χ1) is 10.5. The summed E-state index contributed by atoms with van der Waals surface area (Å²) in [6, 6.07) is 3.24. The number of hydrogen-bond donors (Lipinski definition) is 1. The van der Waals surface area contributed by atoms with Gasteiger partial charge in [-0.2, -0.15) is 0 Å². The van der Waals surface area contributed by atoms with Gasteiger partial charge < -0.3 is 10.1 Å². The van der Waals surface area contributed by atoms with E-state index in [0.717, 1.165) is 19.3 Å². The van der Waals surface area contributed by atoms with Crippen molar-refractivity contribution in [3.05, 3.63) is 23.4 Å². The lowest BCUT2D eigenvalue weighted by atomic mass is 9.89. The summed E-state index contributed by atoms with van der Waals surface area (Å²) in [7, 11) is 0. The number of aromatic nitrogens is 1. The molecule has 118 valence electrons. The Morgan fingerprint density at radius 1 is 1.36 bits per heavy atom. The molecule has 4 atom stereocenters. The molecule has 0 aromatic carbocycles. The standard InChI is InChI=1S/C16H19ClN2O3/c1-9(15(20)19-14-5-4-12(17)8-18-14)22-16(21)13-7-10-2-3-11(13)6-10/h4-5,8-11,13H,2-3,6-7H2,1H3,(H,18,19,20). The van der Waals surface area contributed by atoms with Crippen LogP contribution in [0, 0.1) is 17.8 Å². The van der Waals surface area contributed by atoms with E-state index in [9.17, 15) is 9.59 Å². The van der Waals surface area contributed by atoms with Crippen LogP contribution in [0.1, 0.15) is 32.6 Å². The minimum atomic E-state index is -0.830. The summed E-state index contributed by atoms with van der Waals surface area (Å²) < 4.78 is 5.34. The van der Waals surface area contributed by atoms with Gasteiger partial charge in [-0.25, -0.2) is 4.98 Å². The van der Waals surface area contributed by atoms with Crippen LogP contribution in [0.25, 0.3) is 0 Å². The van der Waals surface area contributed by atoms with Gasteiger partial charge in [0.25, 0.3) is 5.91 Å². The lowest BCUT2D eigenvalue weighted by Gasteiger charge is -2.22. The quantitative estimate of drug-likeness (QED) is 0.865. The molecule has 22 heavy (non-hydrogen) atoms. The summed E-state index contributed by atoms with van der Waals surface area (Å²) in [5.74, 6) is 0.862. The zero-order valence-electron chi connectivity index (χ0n) is 12.4. The second-order valence-corrected chi connectivity index (χ2v) is 6.65. The number of nitrogens with one attached hydrogen (secondary N) is 1. The Morgan fingerprint density at radius 2 is 2.18 bits per heavy atom. The molecule has 2 bridgehead atoms. The Balaban J connectivity index is 1.52. The number of rotatable bonds is 4. The number of fused-ring (bicyclic) bond motifs is 2. The average Bonchev–Trinajstić information content (AvgIpc) is 3.12. The van der Waals surface area contributed by atoms with E-state index >= 15 is 0 Å². The van der Waals surface area contributed by atoms with Crippen molar-refractivity contribution in [2.45, 2.75) is 38.7 Å². The number of anilines is 1. The van der Waals surface area contributed by atoms with Crippen LogP contribution in [0.2, 0.25) is 5.02 Å². The lowest BCUT2D eigenvalue weighted by Crippen LogP contribution is -2.33. The van der Waals surface area contributed by atoms with Crippen LogP contribution in [0.5, 0.6) is 0 Å². The van der Waals surface area contributed by atoms with E-state index < -0.39 is 6.10 Å². The number of hydrogen-bond acceptors (Lipinski definition) is 4. The molecule has 2 aliphatic carbocycles. The minimum Gasteiger partial charge on any atom is -0.452 e. The van der Waals surface area contributed by atoms with Crippen molar-refractivity contribution < 1.29 is 14.3 Å². The molecule has 2 aliphatic rings. The Kier molecular flexibility index (Phi) is 4.34. The fourth-order valence-corrected chi connectivity index (χ4v) is 3.64. The highest BCUT2D eigenvalue weighted by Crippen LogP contribution is 2.48. The normalized spacial score (nSPS) is 27.5. The molecule has 1 heterocycles. The number of ether oxygens (including phenoxy) is 1. The van der Waals surface area contributed by atoms with Gasteiger partial charge >= 0.3 is 5.97 Å². The molecule has 1 aromatic heterocycles. The van der Waals surface area contributed by atoms with Crippen LogP contribution in [-0.2, 0) is 14.3 Å². The zero-order chi connectivity index (χ0) is 15.7. The third kappa shape index (κ3) is 3.24. The molecular formula is C16H19ClN2O3. The molecular weight excluding hydrogens is 304 g/mol. The van der Waals surface area contributed by atoms with Crippen molar-refractivity contribution in [3.63, 3.8) is 0 Å². The second kappa shape index (κ2) is 6.24. The van der Waals surface area contributed by atoms with Crippen molar-refractivity contribution >= 4 is 29.3 Å². The van der Waals surface area contributed by atoms with Crippen LogP contribution in [0.15, 0.2) is 18.3 Å². The monoisotopic (exact) mass is 322 g/mol. The zero-order valence-corrected chi connectivity index (χ0v) is 13.2. The van der Waals surface area contributed by atoms with E-state index in [1.54, 1.807) is 19.1 Å². The first-order valence-corrected chi connectivity index (χ1v) is 8.03. The van der Waals surface area contributed by atoms with E-state index in [1.807, 2.05) is 0 Å². The summed E-state index contributed by atoms with van der Waals surface area (Å²) in [5, 5.41) is 3.11. The molecule has 5 nitrogen and oxygen atoms in total. The highest BCUT2D eigenvalue weighted by Gasteiger charge is 2.44. The van der Waals surface area contributed by atoms with Gasteiger partial charge in [-0.3, -0.25) is 9.59 Å². The van der Waals surface area contributed by atoms with Gasteiger partial charge in [0.05, 0.1) is 10.9 Å². The van der Waals surface area contributed by atoms with Crippen LogP contribution in [0.4, 0.5) is 5.82 Å². The summed E-state index contributed by atoms with van der Waals surface area (Å²) >= 11 is 5.74. The number of pyridine rings is 1. The van der Waals surface area contributed by atoms with Gasteiger partial charge in [0.2, 0.25) is 0 Å². The molecule has 3 rings (SSSR count). The Bertz CT molecular complexity index is 575. The van der Waals surface area contributed by atoms with Gasteiger partial charge in [-0.05, 0) is 50.2 Å². The third-order valence-electron chi connectivity index (χ3n) is 4.68. The van der Waals surface area contributed by atoms with E-state index in [4.69, 9.17) is 16.3 Å². The van der Waals surface area contributed by atoms with Crippen molar-refractivity contribution in [3.8, 4) is 0 Å². The largest absolute Gasteiger partial charge is 0.452 e. The number of carbonyl (C=O) groups is 2. The lowest BCUT2D eigenvalue weighted by molar-refractivity contribution is -0.158. The van der Waals surface area contributed by atoms with Gasteiger partial charge in [-0.1, -0.05) is 18.0 Å². The molecule has 1 N–H and O–H groups in total. The van der Waals surface area contributed by atoms with Crippen LogP contribution in [0.3, 0.4) is 0 Å². The molecule has 0 saturated heterocycles. The molecule has 0 radical (unpaired) electrons. The van der Waals surface area contributed by atoms with E-state index in [1.165, 1.54) is 12.6 Å². The van der Waals surface area contributed by atoms with E-state index in [-0.39, 0.29) is 17.8 Å². The summed E-state index contributed by atoms with van der Waals surface area (Å²) in [6.45, 7) is 1.58. The number of esters is 1. The van der Waals surface area contributed by atoms with Gasteiger partial charge in [0.15, 0.2) is 6.10 Å². The van der Waals surface area contributed by atoms with Gasteiger partial charge in [-0.15, -0.1) is 0 Å². The number of halogens is 1. The topological polar surface area (TPSA) is 68.3 Å². The first kappa shape index (κ1) is 15.3. The predicted molar refractivity (Wildman–Crippen MR) is 82.4 cm³/mol. The Morgan fingerprint density at radius 3 is 2.77 bits per heavy atom. The van der Waals surface area contributed by atoms with Crippen molar-refractivity contribution in [2.24, 2.45) is 17.8 Å². The molecule has 2 fully saturated rings. The molecule has 4 unspecified atom stereocenters. The fraction of sp³-hybridized carbons (Fsp3) is 0.562. The minimum absolute atomic E-state index is 0.0253. The highest BCUT2D eigenvalue weighted by molar-refractivity contribution is 6.30. The fourth-order valence-electron chi connectivity index (χ4n) is 3.53. The molecule has 6 heteroatoms. The summed E-state index contributed by atoms with van der Waals surface area (Å²) in [4.78, 5) is 28.2. The van der Waals surface area contributed by atoms with Crippen molar-refractivity contribution in [1.29, 1.82) is 0 Å². The van der Waals surface area contributed by atoms with Crippen LogP contribution >= 0.6 is 11.6 Å². The summed E-state index contributed by atoms with van der Waals surface area (Å²) in [6.07, 6.45) is 5.00. The van der Waals surface area contributed by atoms with Gasteiger partial charge in [0, 0.05) is 6.20 Å². The smallest absolute Gasteiger partial charge is 0.309 e. The number of carbonyl (C=O) groups excluding carboxylic acids is 2. The van der Waals surface area contributed by atoms with Crippen molar-refractivity contribution in [1.82, 2.24) is 4.98 Å². The maximum atomic E-state index is 12.2. The first-order valence-electron chi connectivity index (χ1n) is 7.66. The summed E-state index contributed by atoms with van der Waals surface area (Å²) in [5.41, 5.74) is 0. The maximum absolute atomic E-state index is 12.2. The Labute approximate surface area is 134 Å². The van der Waals surface area contributed by atoms with Gasteiger partial charge in [0.1, 0.15) is 5.82 Å². The van der Waals surface area contributed by atoms with E-state index in [2.05, 4.69) is 10.3 Å². The van der Waals surface area contributed by atoms with E-state index in [0.29, 0.717) is 22.7 Å². The number of amides is 1. The third-order valence-corrected chi connectivity index (χ3v) is 4.91. The average molecular weight is 323 g/mol. The molecule has 0 aliphatic heterocycles. The molecule has 0 spiro atoms. The molecule has 1 aromatic rings. The maximum Gasteiger partial charge on any atom is 0.309 e. The molecule has 2 saturated carbocycles. The van der Waals surface area contributed by atoms with Crippen LogP contribution < -0.4 is 5.32 Å². The van der Waals surface area contributed by atoms with Crippen LogP contribution in [-0.4, -0.2) is 23.0 Å². The Hall–Kier alpha value is -1.62. The van der Waals surface area contributed by atoms with Crippen molar-refractivity contribution in [2.75, 3.05) is 5.32 Å². The highest BCUT2D eigenvalue weighted by atomic mass is 35.5. The second-order valence-electron chi connectivity index (χ2n) is 6.21. The SMILES string of the molecule is CC(OC(=O)C1CC2CCC1C2)C(=O)Nc1ccc(Cl)cn1. The predicted octanol–water partition coefficient (Wildman–Crippen LogP) is 3.04.